The van der Waals surface area contributed by atoms with Gasteiger partial charge in [0.2, 0.25) is 0 Å². The Morgan fingerprint density at radius 3 is 2.18 bits per heavy atom. The summed E-state index contributed by atoms with van der Waals surface area (Å²) >= 11 is 0. The fourth-order valence-corrected chi connectivity index (χ4v) is 5.00. The summed E-state index contributed by atoms with van der Waals surface area (Å²) in [6.07, 6.45) is 5.89. The van der Waals surface area contributed by atoms with Gasteiger partial charge in [0.15, 0.2) is 0 Å². The van der Waals surface area contributed by atoms with Crippen LogP contribution < -0.4 is 0 Å². The minimum atomic E-state index is 0.749. The summed E-state index contributed by atoms with van der Waals surface area (Å²) in [5.74, 6) is 2.04. The summed E-state index contributed by atoms with van der Waals surface area (Å²) in [6.45, 7) is 4.35. The number of nitrogens with zero attached hydrogens (tertiary/aromatic N) is 4. The van der Waals surface area contributed by atoms with Gasteiger partial charge in [-0.15, -0.1) is 0 Å². The van der Waals surface area contributed by atoms with Crippen LogP contribution in [0.3, 0.4) is 0 Å². The van der Waals surface area contributed by atoms with Crippen LogP contribution in [0.15, 0.2) is 79.1 Å². The van der Waals surface area contributed by atoms with Gasteiger partial charge < -0.3 is 9.13 Å². The maximum atomic E-state index is 5.16. The van der Waals surface area contributed by atoms with Gasteiger partial charge in [-0.3, -0.25) is 0 Å². The minimum Gasteiger partial charge on any atom is -0.334 e. The van der Waals surface area contributed by atoms with Crippen molar-refractivity contribution >= 4 is 0 Å². The van der Waals surface area contributed by atoms with Gasteiger partial charge in [0.1, 0.15) is 11.6 Å². The van der Waals surface area contributed by atoms with Crippen molar-refractivity contribution in [3.63, 3.8) is 0 Å². The molecule has 0 saturated heterocycles. The second-order valence-electron chi connectivity index (χ2n) is 9.07. The molecule has 0 unspecified atom stereocenters. The number of aryl methyl sites for hydroxylation is 3. The van der Waals surface area contributed by atoms with E-state index in [1.807, 2.05) is 0 Å². The largest absolute Gasteiger partial charge is 0.334 e. The molecule has 1 aliphatic heterocycles. The average molecular weight is 431 g/mol. The molecule has 162 valence electrons. The van der Waals surface area contributed by atoms with E-state index < -0.39 is 0 Å². The van der Waals surface area contributed by atoms with Gasteiger partial charge in [-0.1, -0.05) is 54.6 Å². The molecule has 3 heterocycles. The van der Waals surface area contributed by atoms with Crippen LogP contribution in [0.4, 0.5) is 0 Å². The topological polar surface area (TPSA) is 35.6 Å². The highest BCUT2D eigenvalue weighted by Gasteiger charge is 2.17. The SMILES string of the molecule is Cc1cccc(C)c1-n1cc2nc1Cc1cccc(c1)-c1nc(cn1C)Cc1cccc-2c1. The van der Waals surface area contributed by atoms with Crippen molar-refractivity contribution in [3.8, 4) is 28.3 Å². The fraction of sp³-hybridized carbons (Fsp3) is 0.172. The van der Waals surface area contributed by atoms with E-state index in [1.165, 1.54) is 27.9 Å². The summed E-state index contributed by atoms with van der Waals surface area (Å²) in [5, 5.41) is 0. The molecule has 0 amide bonds. The molecule has 8 bridgehead atoms. The second kappa shape index (κ2) is 7.59. The number of fused-ring (bicyclic) bond motifs is 10. The van der Waals surface area contributed by atoms with Crippen LogP contribution in [0, 0.1) is 13.8 Å². The molecule has 3 aromatic carbocycles. The Morgan fingerprint density at radius 1 is 0.727 bits per heavy atom. The van der Waals surface area contributed by atoms with Crippen molar-refractivity contribution in [2.45, 2.75) is 26.7 Å². The van der Waals surface area contributed by atoms with E-state index in [2.05, 4.69) is 109 Å². The maximum absolute atomic E-state index is 5.16. The van der Waals surface area contributed by atoms with E-state index in [1.54, 1.807) is 0 Å². The predicted octanol–water partition coefficient (Wildman–Crippen LogP) is 6.05. The van der Waals surface area contributed by atoms with E-state index in [4.69, 9.17) is 9.97 Å². The summed E-state index contributed by atoms with van der Waals surface area (Å²) in [7, 11) is 2.08. The lowest BCUT2D eigenvalue weighted by Gasteiger charge is -2.14. The minimum absolute atomic E-state index is 0.749. The number of imidazole rings is 2. The number of benzene rings is 3. The molecule has 0 radical (unpaired) electrons. The number of hydrogen-bond donors (Lipinski definition) is 0. The Bertz CT molecular complexity index is 1480. The lowest BCUT2D eigenvalue weighted by atomic mass is 10.0. The molecule has 33 heavy (non-hydrogen) atoms. The second-order valence-corrected chi connectivity index (χ2v) is 9.07. The molecule has 2 aromatic heterocycles. The zero-order chi connectivity index (χ0) is 22.5. The van der Waals surface area contributed by atoms with Crippen molar-refractivity contribution in [2.75, 3.05) is 0 Å². The molecule has 0 spiro atoms. The Morgan fingerprint density at radius 2 is 1.39 bits per heavy atom. The molecule has 4 heteroatoms. The maximum Gasteiger partial charge on any atom is 0.139 e. The number of rotatable bonds is 1. The quantitative estimate of drug-likeness (QED) is 0.318. The summed E-state index contributed by atoms with van der Waals surface area (Å²) in [5.41, 5.74) is 10.5. The monoisotopic (exact) mass is 430 g/mol. The van der Waals surface area contributed by atoms with E-state index in [0.717, 1.165) is 47.0 Å². The van der Waals surface area contributed by atoms with Crippen LogP contribution >= 0.6 is 0 Å². The normalized spacial score (nSPS) is 12.5. The van der Waals surface area contributed by atoms with Crippen molar-refractivity contribution in [3.05, 3.63) is 113 Å². The Balaban J connectivity index is 1.60. The van der Waals surface area contributed by atoms with Crippen molar-refractivity contribution in [1.29, 1.82) is 0 Å². The average Bonchev–Trinajstić information content (AvgIpc) is 3.37. The third-order valence-corrected chi connectivity index (χ3v) is 6.54. The molecule has 0 N–H and O–H groups in total. The van der Waals surface area contributed by atoms with Crippen LogP contribution in [0.5, 0.6) is 0 Å². The molecular weight excluding hydrogens is 404 g/mol. The van der Waals surface area contributed by atoms with E-state index in [-0.39, 0.29) is 0 Å². The van der Waals surface area contributed by atoms with Crippen LogP contribution in [-0.4, -0.2) is 19.1 Å². The van der Waals surface area contributed by atoms with Gasteiger partial charge in [0.25, 0.3) is 0 Å². The Kier molecular flexibility index (Phi) is 4.54. The van der Waals surface area contributed by atoms with Crippen LogP contribution in [0.25, 0.3) is 28.3 Å². The number of hydrogen-bond acceptors (Lipinski definition) is 2. The van der Waals surface area contributed by atoms with Gasteiger partial charge >= 0.3 is 0 Å². The van der Waals surface area contributed by atoms with Gasteiger partial charge in [-0.25, -0.2) is 9.97 Å². The first-order valence-corrected chi connectivity index (χ1v) is 11.4. The standard InChI is InChI=1S/C29H26N4/c1-19-7-4-8-20(2)28(19)33-18-26-23-11-5-9-21(13-23)15-25-17-32(3)29(30-25)24-12-6-10-22(14-24)16-27(33)31-26/h4-14,17-18H,15-16H2,1-3H3. The molecule has 0 fully saturated rings. The van der Waals surface area contributed by atoms with E-state index in [0.29, 0.717) is 0 Å². The van der Waals surface area contributed by atoms with Crippen molar-refractivity contribution < 1.29 is 0 Å². The highest BCUT2D eigenvalue weighted by atomic mass is 15.1. The highest BCUT2D eigenvalue weighted by Crippen LogP contribution is 2.29. The van der Waals surface area contributed by atoms with Gasteiger partial charge in [-0.05, 0) is 48.2 Å². The summed E-state index contributed by atoms with van der Waals surface area (Å²) in [4.78, 5) is 10.1. The van der Waals surface area contributed by atoms with Crippen molar-refractivity contribution in [1.82, 2.24) is 19.1 Å². The Labute approximate surface area is 194 Å². The zero-order valence-electron chi connectivity index (χ0n) is 19.2. The zero-order valence-corrected chi connectivity index (χ0v) is 19.2. The molecule has 1 aliphatic rings. The molecule has 0 aliphatic carbocycles. The third kappa shape index (κ3) is 3.48. The van der Waals surface area contributed by atoms with Gasteiger partial charge in [0, 0.05) is 43.4 Å². The third-order valence-electron chi connectivity index (χ3n) is 6.54. The Hall–Kier alpha value is -3.92. The van der Waals surface area contributed by atoms with E-state index in [9.17, 15) is 0 Å². The fourth-order valence-electron chi connectivity index (χ4n) is 5.00. The van der Waals surface area contributed by atoms with Crippen molar-refractivity contribution in [2.24, 2.45) is 7.05 Å². The van der Waals surface area contributed by atoms with Crippen LogP contribution in [0.2, 0.25) is 0 Å². The highest BCUT2D eigenvalue weighted by molar-refractivity contribution is 5.63. The van der Waals surface area contributed by atoms with E-state index >= 15 is 0 Å². The van der Waals surface area contributed by atoms with Gasteiger partial charge in [0.05, 0.1) is 17.1 Å². The first-order valence-electron chi connectivity index (χ1n) is 11.4. The lowest BCUT2D eigenvalue weighted by molar-refractivity contribution is 0.899. The van der Waals surface area contributed by atoms with Crippen LogP contribution in [-0.2, 0) is 19.9 Å². The molecule has 5 aromatic rings. The summed E-state index contributed by atoms with van der Waals surface area (Å²) in [6, 6.07) is 23.9. The number of aromatic nitrogens is 4. The molecule has 0 saturated carbocycles. The van der Waals surface area contributed by atoms with Crippen LogP contribution in [0.1, 0.15) is 33.8 Å². The smallest absolute Gasteiger partial charge is 0.139 e. The molecule has 0 atom stereocenters. The first kappa shape index (κ1) is 19.7. The molecular formula is C29H26N4. The summed E-state index contributed by atoms with van der Waals surface area (Å²) < 4.78 is 4.42. The predicted molar refractivity (Wildman–Crippen MR) is 133 cm³/mol. The first-order chi connectivity index (χ1) is 16.0. The number of para-hydroxylation sites is 1. The molecule has 6 rings (SSSR count). The lowest BCUT2D eigenvalue weighted by Crippen LogP contribution is -2.05. The van der Waals surface area contributed by atoms with Gasteiger partial charge in [-0.2, -0.15) is 0 Å². The molecule has 4 nitrogen and oxygen atoms in total.